The van der Waals surface area contributed by atoms with Crippen LogP contribution in [0.15, 0.2) is 24.3 Å². The van der Waals surface area contributed by atoms with E-state index in [0.29, 0.717) is 25.9 Å². The number of rotatable bonds is 44. The smallest absolute Gasteiger partial charge is 0.305 e. The van der Waals surface area contributed by atoms with Crippen molar-refractivity contribution in [2.45, 2.75) is 251 Å². The van der Waals surface area contributed by atoms with Gasteiger partial charge in [-0.3, -0.25) is 9.59 Å². The minimum atomic E-state index is -0.845. The van der Waals surface area contributed by atoms with Gasteiger partial charge in [0.2, 0.25) is 0 Å². The molecule has 400 valence electrons. The Hall–Kier alpha value is -2.28. The van der Waals surface area contributed by atoms with E-state index in [4.69, 9.17) is 43.4 Å². The van der Waals surface area contributed by atoms with E-state index in [1.807, 2.05) is 0 Å². The van der Waals surface area contributed by atoms with Crippen molar-refractivity contribution >= 4 is 46.7 Å². The van der Waals surface area contributed by atoms with E-state index in [1.54, 1.807) is 0 Å². The van der Waals surface area contributed by atoms with Gasteiger partial charge in [0.1, 0.15) is 13.2 Å². The zero-order valence-corrected chi connectivity index (χ0v) is 46.1. The Bertz CT molecular complexity index is 1310. The number of ether oxygens (including phenoxy) is 4. The van der Waals surface area contributed by atoms with Crippen LogP contribution >= 0.6 is 24.4 Å². The fraction of sp³-hybridized carbons (Fsp3) is 0.860. The standard InChI is InChI=1S/C57H104N4O6S2/c1-3-5-7-9-11-13-15-17-19-21-23-25-27-29-33-41-55(63)65-51-53(67-57(69)59-43-39-49-61-46-36-31-37-47-61)52(66-56(68)58-42-38-48-60-44-34-30-35-45-60)50-64-54(62)40-32-28-26-24-22-20-18-16-14-12-10-8-6-4-2/h11,13,17,19,52-53H,3-10,12,14-16,18,20-51H2,1-2H3,(H,58,68)(H,59,69)/b13-11-,19-17-. The molecular formula is C57H104N4O6S2. The first-order valence-corrected chi connectivity index (χ1v) is 29.7. The molecule has 10 nitrogen and oxygen atoms in total. The molecule has 2 N–H and O–H groups in total. The highest BCUT2D eigenvalue weighted by atomic mass is 32.1. The third kappa shape index (κ3) is 39.0. The molecule has 0 aliphatic carbocycles. The van der Waals surface area contributed by atoms with Crippen LogP contribution in [-0.4, -0.2) is 110 Å². The van der Waals surface area contributed by atoms with Crippen LogP contribution < -0.4 is 10.6 Å². The fourth-order valence-electron chi connectivity index (χ4n) is 9.18. The highest BCUT2D eigenvalue weighted by Crippen LogP contribution is 2.16. The maximum Gasteiger partial charge on any atom is 0.305 e. The molecule has 0 aromatic rings. The first kappa shape index (κ1) is 62.8. The molecule has 0 aromatic heterocycles. The number of carbonyl (C=O) groups is 2. The molecule has 12 heteroatoms. The lowest BCUT2D eigenvalue weighted by Gasteiger charge is -2.29. The largest absolute Gasteiger partial charge is 0.462 e. The first-order valence-electron chi connectivity index (χ1n) is 28.9. The lowest BCUT2D eigenvalue weighted by Crippen LogP contribution is -2.46. The Morgan fingerprint density at radius 2 is 0.812 bits per heavy atom. The number of hydrogen-bond donors (Lipinski definition) is 2. The van der Waals surface area contributed by atoms with Crippen molar-refractivity contribution in [3.05, 3.63) is 24.3 Å². The van der Waals surface area contributed by atoms with E-state index in [2.05, 4.69) is 58.6 Å². The Balaban J connectivity index is 1.89. The highest BCUT2D eigenvalue weighted by molar-refractivity contribution is 7.80. The summed E-state index contributed by atoms with van der Waals surface area (Å²) in [6, 6.07) is 0. The van der Waals surface area contributed by atoms with Crippen molar-refractivity contribution in [1.82, 2.24) is 20.4 Å². The number of unbranched alkanes of at least 4 members (excludes halogenated alkanes) is 21. The van der Waals surface area contributed by atoms with E-state index in [1.165, 1.54) is 135 Å². The molecule has 2 aliphatic heterocycles. The van der Waals surface area contributed by atoms with Gasteiger partial charge in [-0.2, -0.15) is 0 Å². The molecular weight excluding hydrogens is 901 g/mol. The summed E-state index contributed by atoms with van der Waals surface area (Å²) < 4.78 is 24.4. The summed E-state index contributed by atoms with van der Waals surface area (Å²) in [4.78, 5) is 31.3. The van der Waals surface area contributed by atoms with E-state index >= 15 is 0 Å². The summed E-state index contributed by atoms with van der Waals surface area (Å²) in [6.07, 6.45) is 47.5. The van der Waals surface area contributed by atoms with Crippen LogP contribution in [-0.2, 0) is 28.5 Å². The van der Waals surface area contributed by atoms with Gasteiger partial charge in [-0.15, -0.1) is 0 Å². The van der Waals surface area contributed by atoms with Crippen LogP contribution in [0.3, 0.4) is 0 Å². The summed E-state index contributed by atoms with van der Waals surface area (Å²) in [5.74, 6) is -0.569. The van der Waals surface area contributed by atoms with Crippen LogP contribution in [0.4, 0.5) is 0 Å². The van der Waals surface area contributed by atoms with Gasteiger partial charge in [0.05, 0.1) is 0 Å². The number of piperidine rings is 2. The molecule has 2 saturated heterocycles. The third-order valence-corrected chi connectivity index (χ3v) is 14.0. The quantitative estimate of drug-likeness (QED) is 0.0263. The highest BCUT2D eigenvalue weighted by Gasteiger charge is 2.31. The zero-order valence-electron chi connectivity index (χ0n) is 44.4. The molecule has 2 heterocycles. The average Bonchev–Trinajstić information content (AvgIpc) is 3.36. The molecule has 0 saturated carbocycles. The van der Waals surface area contributed by atoms with Crippen LogP contribution in [0.2, 0.25) is 0 Å². The van der Waals surface area contributed by atoms with E-state index in [9.17, 15) is 9.59 Å². The lowest BCUT2D eigenvalue weighted by atomic mass is 10.0. The number of carbonyl (C=O) groups excluding carboxylic acids is 2. The number of nitrogens with one attached hydrogen (secondary N) is 2. The average molecular weight is 1010 g/mol. The molecule has 69 heavy (non-hydrogen) atoms. The van der Waals surface area contributed by atoms with Crippen LogP contribution in [0.5, 0.6) is 0 Å². The minimum Gasteiger partial charge on any atom is -0.462 e. The normalized spacial score (nSPS) is 15.6. The van der Waals surface area contributed by atoms with Crippen molar-refractivity contribution in [2.75, 3.05) is 65.6 Å². The minimum absolute atomic E-state index is 0.0994. The van der Waals surface area contributed by atoms with Gasteiger partial charge in [0.25, 0.3) is 10.3 Å². The van der Waals surface area contributed by atoms with Crippen molar-refractivity contribution in [3.63, 3.8) is 0 Å². The monoisotopic (exact) mass is 1000 g/mol. The molecule has 0 spiro atoms. The van der Waals surface area contributed by atoms with Crippen LogP contribution in [0.25, 0.3) is 0 Å². The van der Waals surface area contributed by atoms with Crippen LogP contribution in [0.1, 0.15) is 239 Å². The first-order chi connectivity index (χ1) is 33.9. The Morgan fingerprint density at radius 1 is 0.464 bits per heavy atom. The number of likely N-dealkylation sites (tertiary alicyclic amines) is 2. The van der Waals surface area contributed by atoms with Gasteiger partial charge >= 0.3 is 11.9 Å². The van der Waals surface area contributed by atoms with Crippen LogP contribution in [0, 0.1) is 0 Å². The molecule has 2 unspecified atom stereocenters. The molecule has 0 amide bonds. The second kappa shape index (κ2) is 46.8. The van der Waals surface area contributed by atoms with E-state index < -0.39 is 12.2 Å². The number of thiocarbonyl (C=S) groups is 2. The second-order valence-electron chi connectivity index (χ2n) is 19.9. The van der Waals surface area contributed by atoms with Crippen molar-refractivity contribution < 1.29 is 28.5 Å². The predicted octanol–water partition coefficient (Wildman–Crippen LogP) is 14.0. The number of esters is 2. The predicted molar refractivity (Wildman–Crippen MR) is 297 cm³/mol. The van der Waals surface area contributed by atoms with Crippen molar-refractivity contribution in [1.29, 1.82) is 0 Å². The maximum atomic E-state index is 13.1. The van der Waals surface area contributed by atoms with Crippen molar-refractivity contribution in [3.8, 4) is 0 Å². The second-order valence-corrected chi connectivity index (χ2v) is 20.7. The summed E-state index contributed by atoms with van der Waals surface area (Å²) >= 11 is 11.4. The van der Waals surface area contributed by atoms with E-state index in [0.717, 1.165) is 116 Å². The number of nitrogens with zero attached hydrogens (tertiary/aromatic N) is 2. The number of hydrogen-bond acceptors (Lipinski definition) is 10. The fourth-order valence-corrected chi connectivity index (χ4v) is 9.64. The Labute approximate surface area is 434 Å². The molecule has 2 aliphatic rings. The lowest BCUT2D eigenvalue weighted by molar-refractivity contribution is -0.154. The molecule has 2 fully saturated rings. The zero-order chi connectivity index (χ0) is 49.5. The van der Waals surface area contributed by atoms with Crippen molar-refractivity contribution in [2.24, 2.45) is 0 Å². The molecule has 2 rings (SSSR count). The van der Waals surface area contributed by atoms with Gasteiger partial charge < -0.3 is 39.4 Å². The topological polar surface area (TPSA) is 102 Å². The summed E-state index contributed by atoms with van der Waals surface area (Å²) in [5.41, 5.74) is 0. The van der Waals surface area contributed by atoms with Gasteiger partial charge in [-0.05, 0) is 147 Å². The molecule has 2 atom stereocenters. The molecule has 0 bridgehead atoms. The third-order valence-electron chi connectivity index (χ3n) is 13.6. The number of allylic oxidation sites excluding steroid dienone is 4. The van der Waals surface area contributed by atoms with Gasteiger partial charge in [0.15, 0.2) is 12.2 Å². The van der Waals surface area contributed by atoms with Gasteiger partial charge in [0, 0.05) is 25.9 Å². The molecule has 0 radical (unpaired) electrons. The summed E-state index contributed by atoms with van der Waals surface area (Å²) in [6.45, 7) is 12.2. The summed E-state index contributed by atoms with van der Waals surface area (Å²) in [7, 11) is 0. The Kier molecular flexibility index (Phi) is 42.6. The van der Waals surface area contributed by atoms with E-state index in [-0.39, 0.29) is 35.5 Å². The summed E-state index contributed by atoms with van der Waals surface area (Å²) in [5, 5.41) is 6.92. The maximum absolute atomic E-state index is 13.1. The SMILES string of the molecule is CCCCC/C=C\C/C=C\CCCCCCCC(=O)OCC(OC(=S)NCCCN1CCCCC1)C(COC(=O)CCCCCCCCCCCCCCCC)OC(=S)NCCCN1CCCCC1. The van der Waals surface area contributed by atoms with Gasteiger partial charge in [-0.1, -0.05) is 167 Å². The molecule has 0 aromatic carbocycles. The Morgan fingerprint density at radius 3 is 1.22 bits per heavy atom. The van der Waals surface area contributed by atoms with Gasteiger partial charge in [-0.25, -0.2) is 0 Å².